The number of hydrogen-bond acceptors (Lipinski definition) is 3. The lowest BCUT2D eigenvalue weighted by molar-refractivity contribution is 0.119. The lowest BCUT2D eigenvalue weighted by atomic mass is 9.82. The van der Waals surface area contributed by atoms with Gasteiger partial charge in [0.05, 0.1) is 13.7 Å². The normalized spacial score (nSPS) is 18.3. The summed E-state index contributed by atoms with van der Waals surface area (Å²) in [4.78, 5) is 0. The van der Waals surface area contributed by atoms with Gasteiger partial charge < -0.3 is 15.2 Å². The summed E-state index contributed by atoms with van der Waals surface area (Å²) in [6.45, 7) is 0.557. The highest BCUT2D eigenvalue weighted by atomic mass is 19.1. The number of ether oxygens (including phenoxy) is 1. The largest absolute Gasteiger partial charge is 0.497 e. The molecule has 19 heavy (non-hydrogen) atoms. The minimum absolute atomic E-state index is 0.116. The second-order valence-corrected chi connectivity index (χ2v) is 5.31. The Morgan fingerprint density at radius 2 is 2.05 bits per heavy atom. The lowest BCUT2D eigenvalue weighted by Gasteiger charge is -2.36. The minimum atomic E-state index is -0.268. The summed E-state index contributed by atoms with van der Waals surface area (Å²) >= 11 is 0. The zero-order valence-corrected chi connectivity index (χ0v) is 11.4. The Hall–Kier alpha value is -1.13. The standard InChI is InChI=1S/C15H22FNO2/c1-19-13-6-5-12(14(16)9-13)10-17-15(11-18)7-3-2-4-8-15/h5-6,9,17-18H,2-4,7-8,10-11H2,1H3. The Morgan fingerprint density at radius 1 is 1.32 bits per heavy atom. The van der Waals surface area contributed by atoms with E-state index in [-0.39, 0.29) is 18.0 Å². The summed E-state index contributed by atoms with van der Waals surface area (Å²) < 4.78 is 18.8. The van der Waals surface area contributed by atoms with Gasteiger partial charge in [-0.1, -0.05) is 25.3 Å². The minimum Gasteiger partial charge on any atom is -0.497 e. The maximum Gasteiger partial charge on any atom is 0.131 e. The fourth-order valence-corrected chi connectivity index (χ4v) is 2.70. The van der Waals surface area contributed by atoms with Crippen molar-refractivity contribution >= 4 is 0 Å². The predicted molar refractivity (Wildman–Crippen MR) is 72.7 cm³/mol. The number of aliphatic hydroxyl groups excluding tert-OH is 1. The molecule has 0 bridgehead atoms. The fourth-order valence-electron chi connectivity index (χ4n) is 2.70. The van der Waals surface area contributed by atoms with E-state index in [1.807, 2.05) is 0 Å². The first-order valence-electron chi connectivity index (χ1n) is 6.87. The zero-order chi connectivity index (χ0) is 13.7. The van der Waals surface area contributed by atoms with Crippen molar-refractivity contribution < 1.29 is 14.2 Å². The molecule has 1 aliphatic rings. The van der Waals surface area contributed by atoms with Crippen LogP contribution in [0.15, 0.2) is 18.2 Å². The molecule has 1 aromatic rings. The van der Waals surface area contributed by atoms with E-state index in [1.54, 1.807) is 12.1 Å². The van der Waals surface area contributed by atoms with Gasteiger partial charge in [0, 0.05) is 23.7 Å². The molecule has 2 N–H and O–H groups in total. The Labute approximate surface area is 113 Å². The van der Waals surface area contributed by atoms with Crippen molar-refractivity contribution in [2.75, 3.05) is 13.7 Å². The molecule has 0 saturated heterocycles. The molecule has 0 spiro atoms. The van der Waals surface area contributed by atoms with Gasteiger partial charge in [-0.25, -0.2) is 4.39 Å². The Morgan fingerprint density at radius 3 is 2.63 bits per heavy atom. The van der Waals surface area contributed by atoms with Gasteiger partial charge in [0.25, 0.3) is 0 Å². The van der Waals surface area contributed by atoms with Crippen LogP contribution in [0.5, 0.6) is 5.75 Å². The van der Waals surface area contributed by atoms with Crippen LogP contribution < -0.4 is 10.1 Å². The third kappa shape index (κ3) is 3.45. The number of halogens is 1. The molecule has 0 unspecified atom stereocenters. The highest BCUT2D eigenvalue weighted by molar-refractivity contribution is 5.28. The first-order chi connectivity index (χ1) is 9.19. The molecule has 3 nitrogen and oxygen atoms in total. The molecule has 1 aromatic carbocycles. The summed E-state index contributed by atoms with van der Waals surface area (Å²) in [6.07, 6.45) is 5.39. The summed E-state index contributed by atoms with van der Waals surface area (Å²) in [6, 6.07) is 4.88. The molecule has 0 radical (unpaired) electrons. The van der Waals surface area contributed by atoms with Crippen molar-refractivity contribution in [2.24, 2.45) is 0 Å². The van der Waals surface area contributed by atoms with E-state index in [2.05, 4.69) is 5.32 Å². The first-order valence-corrected chi connectivity index (χ1v) is 6.87. The summed E-state index contributed by atoms with van der Waals surface area (Å²) in [7, 11) is 1.52. The topological polar surface area (TPSA) is 41.5 Å². The van der Waals surface area contributed by atoms with Gasteiger partial charge in [-0.05, 0) is 18.9 Å². The second-order valence-electron chi connectivity index (χ2n) is 5.31. The van der Waals surface area contributed by atoms with Gasteiger partial charge in [0.1, 0.15) is 11.6 Å². The summed E-state index contributed by atoms with van der Waals surface area (Å²) in [5, 5.41) is 12.9. The number of methoxy groups -OCH3 is 1. The Balaban J connectivity index is 2.01. The molecule has 0 aromatic heterocycles. The van der Waals surface area contributed by atoms with E-state index in [4.69, 9.17) is 4.74 Å². The molecule has 2 rings (SSSR count). The van der Waals surface area contributed by atoms with Crippen LogP contribution in [0.2, 0.25) is 0 Å². The van der Waals surface area contributed by atoms with Crippen molar-refractivity contribution in [1.82, 2.24) is 5.32 Å². The van der Waals surface area contributed by atoms with Crippen LogP contribution in [0.4, 0.5) is 4.39 Å². The van der Waals surface area contributed by atoms with E-state index in [1.165, 1.54) is 19.6 Å². The molecule has 0 aliphatic heterocycles. The van der Waals surface area contributed by atoms with Gasteiger partial charge in [0.2, 0.25) is 0 Å². The molecule has 1 fully saturated rings. The van der Waals surface area contributed by atoms with Gasteiger partial charge in [-0.3, -0.25) is 0 Å². The quantitative estimate of drug-likeness (QED) is 0.861. The highest BCUT2D eigenvalue weighted by Crippen LogP contribution is 2.28. The van der Waals surface area contributed by atoms with E-state index in [9.17, 15) is 9.50 Å². The summed E-state index contributed by atoms with van der Waals surface area (Å²) in [5.41, 5.74) is 0.379. The van der Waals surface area contributed by atoms with E-state index < -0.39 is 0 Å². The van der Waals surface area contributed by atoms with Crippen LogP contribution in [-0.4, -0.2) is 24.4 Å². The Bertz CT molecular complexity index is 417. The van der Waals surface area contributed by atoms with E-state index >= 15 is 0 Å². The summed E-state index contributed by atoms with van der Waals surface area (Å²) in [5.74, 6) is 0.256. The van der Waals surface area contributed by atoms with Crippen LogP contribution >= 0.6 is 0 Å². The molecule has 4 heteroatoms. The third-order valence-electron chi connectivity index (χ3n) is 4.03. The predicted octanol–water partition coefficient (Wildman–Crippen LogP) is 2.62. The van der Waals surface area contributed by atoms with Crippen LogP contribution in [-0.2, 0) is 6.54 Å². The molecular formula is C15H22FNO2. The third-order valence-corrected chi connectivity index (χ3v) is 4.03. The number of benzene rings is 1. The molecule has 0 heterocycles. The molecule has 1 aliphatic carbocycles. The van der Waals surface area contributed by atoms with Gasteiger partial charge in [-0.15, -0.1) is 0 Å². The number of rotatable bonds is 5. The van der Waals surface area contributed by atoms with Crippen LogP contribution in [0.1, 0.15) is 37.7 Å². The molecule has 0 amide bonds. The second kappa shape index (κ2) is 6.35. The monoisotopic (exact) mass is 267 g/mol. The molecule has 1 saturated carbocycles. The Kier molecular flexibility index (Phi) is 4.77. The number of nitrogens with one attached hydrogen (secondary N) is 1. The van der Waals surface area contributed by atoms with E-state index in [0.717, 1.165) is 25.7 Å². The van der Waals surface area contributed by atoms with Crippen LogP contribution in [0, 0.1) is 5.82 Å². The van der Waals surface area contributed by atoms with Gasteiger partial charge in [0.15, 0.2) is 0 Å². The number of aliphatic hydroxyl groups is 1. The average molecular weight is 267 g/mol. The average Bonchev–Trinajstić information content (AvgIpc) is 2.47. The van der Waals surface area contributed by atoms with Crippen molar-refractivity contribution in [1.29, 1.82) is 0 Å². The highest BCUT2D eigenvalue weighted by Gasteiger charge is 2.30. The SMILES string of the molecule is COc1ccc(CNC2(CO)CCCCC2)c(F)c1. The van der Waals surface area contributed by atoms with Crippen molar-refractivity contribution in [3.05, 3.63) is 29.6 Å². The van der Waals surface area contributed by atoms with Crippen molar-refractivity contribution in [2.45, 2.75) is 44.2 Å². The zero-order valence-electron chi connectivity index (χ0n) is 11.4. The smallest absolute Gasteiger partial charge is 0.131 e. The van der Waals surface area contributed by atoms with Crippen LogP contribution in [0.25, 0.3) is 0 Å². The maximum absolute atomic E-state index is 13.8. The van der Waals surface area contributed by atoms with Crippen LogP contribution in [0.3, 0.4) is 0 Å². The fraction of sp³-hybridized carbons (Fsp3) is 0.600. The maximum atomic E-state index is 13.8. The van der Waals surface area contributed by atoms with Crippen molar-refractivity contribution in [3.8, 4) is 5.75 Å². The molecule has 106 valence electrons. The molecular weight excluding hydrogens is 245 g/mol. The lowest BCUT2D eigenvalue weighted by Crippen LogP contribution is -2.49. The molecule has 0 atom stereocenters. The first kappa shape index (κ1) is 14.3. The van der Waals surface area contributed by atoms with Gasteiger partial charge >= 0.3 is 0 Å². The van der Waals surface area contributed by atoms with Crippen molar-refractivity contribution in [3.63, 3.8) is 0 Å². The number of hydrogen-bond donors (Lipinski definition) is 2. The van der Waals surface area contributed by atoms with E-state index in [0.29, 0.717) is 17.9 Å². The van der Waals surface area contributed by atoms with Gasteiger partial charge in [-0.2, -0.15) is 0 Å².